The van der Waals surface area contributed by atoms with Crippen LogP contribution in [-0.2, 0) is 19.3 Å². The van der Waals surface area contributed by atoms with Crippen molar-refractivity contribution in [1.82, 2.24) is 20.1 Å². The number of carbonyl (C=O) groups excluding carboxylic acids is 1. The van der Waals surface area contributed by atoms with Crippen LogP contribution in [-0.4, -0.2) is 46.2 Å². The van der Waals surface area contributed by atoms with Crippen LogP contribution < -0.4 is 4.74 Å². The first kappa shape index (κ1) is 21.7. The number of aromatic nitrogens is 3. The van der Waals surface area contributed by atoms with E-state index >= 15 is 0 Å². The highest BCUT2D eigenvalue weighted by atomic mass is 16.5. The van der Waals surface area contributed by atoms with Gasteiger partial charge in [0.1, 0.15) is 5.75 Å². The quantitative estimate of drug-likeness (QED) is 0.624. The van der Waals surface area contributed by atoms with Gasteiger partial charge >= 0.3 is 0 Å². The van der Waals surface area contributed by atoms with Gasteiger partial charge < -0.3 is 9.64 Å². The summed E-state index contributed by atoms with van der Waals surface area (Å²) in [6, 6.07) is 12.6. The number of pyridine rings is 1. The van der Waals surface area contributed by atoms with Gasteiger partial charge in [-0.3, -0.25) is 14.9 Å². The molecule has 6 nitrogen and oxygen atoms in total. The summed E-state index contributed by atoms with van der Waals surface area (Å²) in [7, 11) is 1.69. The van der Waals surface area contributed by atoms with Crippen molar-refractivity contribution in [3.63, 3.8) is 0 Å². The van der Waals surface area contributed by atoms with E-state index < -0.39 is 0 Å². The van der Waals surface area contributed by atoms with Crippen molar-refractivity contribution in [2.24, 2.45) is 0 Å². The Labute approximate surface area is 195 Å². The van der Waals surface area contributed by atoms with Crippen LogP contribution >= 0.6 is 0 Å². The number of ether oxygens (including phenoxy) is 1. The molecule has 1 saturated heterocycles. The third-order valence-corrected chi connectivity index (χ3v) is 6.99. The molecular formula is C27H32N4O2. The van der Waals surface area contributed by atoms with E-state index in [9.17, 15) is 4.79 Å². The molecule has 2 aliphatic rings. The van der Waals surface area contributed by atoms with E-state index in [0.717, 1.165) is 73.5 Å². The first-order valence-electron chi connectivity index (χ1n) is 12.1. The van der Waals surface area contributed by atoms with Gasteiger partial charge in [-0.2, -0.15) is 5.10 Å². The maximum absolute atomic E-state index is 13.3. The number of piperidine rings is 1. The minimum Gasteiger partial charge on any atom is -0.497 e. The van der Waals surface area contributed by atoms with Crippen molar-refractivity contribution in [3.05, 3.63) is 75.9 Å². The lowest BCUT2D eigenvalue weighted by molar-refractivity contribution is 0.0698. The normalized spacial score (nSPS) is 18.1. The van der Waals surface area contributed by atoms with Crippen molar-refractivity contribution in [3.8, 4) is 5.75 Å². The number of aromatic amines is 1. The molecule has 1 aromatic carbocycles. The zero-order chi connectivity index (χ0) is 22.8. The molecule has 1 fully saturated rings. The first-order chi connectivity index (χ1) is 16.1. The Bertz CT molecular complexity index is 1140. The third-order valence-electron chi connectivity index (χ3n) is 6.99. The maximum atomic E-state index is 13.3. The minimum absolute atomic E-state index is 0.0743. The topological polar surface area (TPSA) is 71.1 Å². The fraction of sp³-hybridized carbons (Fsp3) is 0.444. The molecule has 172 valence electrons. The number of carbonyl (C=O) groups is 1. The van der Waals surface area contributed by atoms with E-state index in [1.54, 1.807) is 7.11 Å². The number of rotatable bonds is 5. The van der Waals surface area contributed by atoms with Crippen molar-refractivity contribution in [2.45, 2.75) is 57.8 Å². The lowest BCUT2D eigenvalue weighted by Crippen LogP contribution is -2.40. The van der Waals surface area contributed by atoms with Gasteiger partial charge in [0.25, 0.3) is 5.91 Å². The highest BCUT2D eigenvalue weighted by Crippen LogP contribution is 2.30. The van der Waals surface area contributed by atoms with Crippen LogP contribution in [0.5, 0.6) is 5.75 Å². The average molecular weight is 445 g/mol. The van der Waals surface area contributed by atoms with Gasteiger partial charge in [-0.1, -0.05) is 12.1 Å². The highest BCUT2D eigenvalue weighted by Gasteiger charge is 2.30. The largest absolute Gasteiger partial charge is 0.497 e. The van der Waals surface area contributed by atoms with Crippen molar-refractivity contribution in [1.29, 1.82) is 0 Å². The number of likely N-dealkylation sites (tertiary alicyclic amines) is 1. The van der Waals surface area contributed by atoms with Crippen molar-refractivity contribution >= 4 is 5.91 Å². The van der Waals surface area contributed by atoms with E-state index in [0.29, 0.717) is 12.2 Å². The molecule has 1 N–H and O–H groups in total. The molecule has 3 heterocycles. The number of H-pyrrole nitrogens is 1. The second kappa shape index (κ2) is 9.38. The number of hydrogen-bond acceptors (Lipinski definition) is 4. The van der Waals surface area contributed by atoms with Crippen LogP contribution in [0.4, 0.5) is 0 Å². The standard InChI is InChI=1S/C27H32N4O2/c1-18-14-20(15-19-9-11-22(33-2)12-10-19)16-25(28-18)21-6-5-13-31(17-21)27(32)26-23-7-3-4-8-24(23)29-30-26/h9-12,14,16,21H,3-8,13,15,17H2,1-2H3,(H,29,30). The number of amides is 1. The number of fused-ring (bicyclic) bond motifs is 1. The summed E-state index contributed by atoms with van der Waals surface area (Å²) in [5.74, 6) is 1.20. The van der Waals surface area contributed by atoms with E-state index in [1.807, 2.05) is 17.0 Å². The van der Waals surface area contributed by atoms with Gasteiger partial charge in [-0.25, -0.2) is 0 Å². The molecule has 3 aromatic rings. The Morgan fingerprint density at radius 2 is 1.94 bits per heavy atom. The minimum atomic E-state index is 0.0743. The second-order valence-electron chi connectivity index (χ2n) is 9.39. The average Bonchev–Trinajstić information content (AvgIpc) is 3.28. The molecule has 1 aliphatic heterocycles. The smallest absolute Gasteiger partial charge is 0.274 e. The van der Waals surface area contributed by atoms with Crippen LogP contribution in [0.2, 0.25) is 0 Å². The maximum Gasteiger partial charge on any atom is 0.274 e. The zero-order valence-corrected chi connectivity index (χ0v) is 19.6. The molecule has 0 saturated carbocycles. The summed E-state index contributed by atoms with van der Waals surface area (Å²) in [6.07, 6.45) is 7.18. The summed E-state index contributed by atoms with van der Waals surface area (Å²) in [4.78, 5) is 20.2. The lowest BCUT2D eigenvalue weighted by atomic mass is 9.91. The van der Waals surface area contributed by atoms with Gasteiger partial charge in [-0.05, 0) is 87.3 Å². The molecule has 1 aliphatic carbocycles. The molecule has 33 heavy (non-hydrogen) atoms. The Balaban J connectivity index is 1.32. The summed E-state index contributed by atoms with van der Waals surface area (Å²) in [6.45, 7) is 3.56. The number of aryl methyl sites for hydroxylation is 2. The molecule has 1 amide bonds. The van der Waals surface area contributed by atoms with E-state index in [1.165, 1.54) is 17.5 Å². The zero-order valence-electron chi connectivity index (χ0n) is 19.6. The molecule has 2 aromatic heterocycles. The van der Waals surface area contributed by atoms with Crippen LogP contribution in [0.1, 0.15) is 75.9 Å². The Morgan fingerprint density at radius 1 is 1.12 bits per heavy atom. The van der Waals surface area contributed by atoms with Gasteiger partial charge in [-0.15, -0.1) is 0 Å². The first-order valence-corrected chi connectivity index (χ1v) is 12.1. The Hall–Kier alpha value is -3.15. The monoisotopic (exact) mass is 444 g/mol. The molecule has 6 heteroatoms. The van der Waals surface area contributed by atoms with Crippen LogP contribution in [0, 0.1) is 6.92 Å². The Morgan fingerprint density at radius 3 is 2.76 bits per heavy atom. The number of benzene rings is 1. The molecule has 1 atom stereocenters. The summed E-state index contributed by atoms with van der Waals surface area (Å²) < 4.78 is 5.28. The van der Waals surface area contributed by atoms with Gasteiger partial charge in [0.2, 0.25) is 0 Å². The van der Waals surface area contributed by atoms with E-state index in [2.05, 4.69) is 41.4 Å². The molecule has 0 bridgehead atoms. The van der Waals surface area contributed by atoms with Crippen molar-refractivity contribution in [2.75, 3.05) is 20.2 Å². The summed E-state index contributed by atoms with van der Waals surface area (Å²) >= 11 is 0. The van der Waals surface area contributed by atoms with Gasteiger partial charge in [0.05, 0.1) is 7.11 Å². The predicted octanol–water partition coefficient (Wildman–Crippen LogP) is 4.61. The van der Waals surface area contributed by atoms with Crippen LogP contribution in [0.3, 0.4) is 0 Å². The van der Waals surface area contributed by atoms with Gasteiger partial charge in [0, 0.05) is 41.7 Å². The number of hydrogen-bond donors (Lipinski definition) is 1. The highest BCUT2D eigenvalue weighted by molar-refractivity contribution is 5.94. The van der Waals surface area contributed by atoms with Crippen molar-refractivity contribution < 1.29 is 9.53 Å². The third kappa shape index (κ3) is 4.65. The van der Waals surface area contributed by atoms with Crippen LogP contribution in [0.25, 0.3) is 0 Å². The molecule has 1 unspecified atom stereocenters. The number of nitrogens with zero attached hydrogens (tertiary/aromatic N) is 3. The molecule has 0 spiro atoms. The molecule has 5 rings (SSSR count). The van der Waals surface area contributed by atoms with Gasteiger partial charge in [0.15, 0.2) is 5.69 Å². The fourth-order valence-electron chi connectivity index (χ4n) is 5.27. The summed E-state index contributed by atoms with van der Waals surface area (Å²) in [5.41, 5.74) is 7.57. The number of nitrogens with one attached hydrogen (secondary N) is 1. The molecule has 0 radical (unpaired) electrons. The summed E-state index contributed by atoms with van der Waals surface area (Å²) in [5, 5.41) is 7.53. The van der Waals surface area contributed by atoms with E-state index in [4.69, 9.17) is 9.72 Å². The number of methoxy groups -OCH3 is 1. The SMILES string of the molecule is COc1ccc(Cc2cc(C)nc(C3CCCN(C(=O)c4n[nH]c5c4CCCC5)C3)c2)cc1. The second-order valence-corrected chi connectivity index (χ2v) is 9.39. The lowest BCUT2D eigenvalue weighted by Gasteiger charge is -2.32. The Kier molecular flexibility index (Phi) is 6.16. The van der Waals surface area contributed by atoms with E-state index in [-0.39, 0.29) is 11.8 Å². The predicted molar refractivity (Wildman–Crippen MR) is 128 cm³/mol. The van der Waals surface area contributed by atoms with Crippen LogP contribution in [0.15, 0.2) is 36.4 Å². The molecular weight excluding hydrogens is 412 g/mol. The fourth-order valence-corrected chi connectivity index (χ4v) is 5.27.